The Morgan fingerprint density at radius 2 is 1.91 bits per heavy atom. The molecule has 7 nitrogen and oxygen atoms in total. The van der Waals surface area contributed by atoms with Gasteiger partial charge in [0.15, 0.2) is 4.33 Å². The molecule has 126 valence electrons. The Kier molecular flexibility index (Phi) is 6.15. The summed E-state index contributed by atoms with van der Waals surface area (Å²) in [5.74, 6) is -1.01. The van der Waals surface area contributed by atoms with Crippen molar-refractivity contribution in [3.63, 3.8) is 0 Å². The van der Waals surface area contributed by atoms with Gasteiger partial charge >= 0.3 is 0 Å². The fourth-order valence-electron chi connectivity index (χ4n) is 1.61. The minimum Gasteiger partial charge on any atom is -0.270 e. The van der Waals surface area contributed by atoms with Crippen molar-refractivity contribution in [2.45, 2.75) is 22.6 Å². The summed E-state index contributed by atoms with van der Waals surface area (Å²) in [6.45, 7) is 4.60. The van der Waals surface area contributed by atoms with Gasteiger partial charge in [0.2, 0.25) is 0 Å². The van der Waals surface area contributed by atoms with Crippen LogP contribution < -0.4 is 0 Å². The van der Waals surface area contributed by atoms with E-state index in [4.69, 9.17) is 23.2 Å². The predicted octanol–water partition coefficient (Wildman–Crippen LogP) is 2.88. The molecular formula is C13H14Cl2N2O5S. The van der Waals surface area contributed by atoms with Crippen molar-refractivity contribution in [3.05, 3.63) is 47.0 Å². The molecule has 0 unspecified atom stereocenters. The fourth-order valence-corrected chi connectivity index (χ4v) is 3.32. The molecule has 0 bridgehead atoms. The minimum absolute atomic E-state index is 0.00162. The van der Waals surface area contributed by atoms with Gasteiger partial charge in [0.25, 0.3) is 21.6 Å². The van der Waals surface area contributed by atoms with E-state index in [0.29, 0.717) is 4.31 Å². The average molecular weight is 381 g/mol. The molecule has 10 heteroatoms. The zero-order valence-electron chi connectivity index (χ0n) is 12.1. The molecule has 23 heavy (non-hydrogen) atoms. The predicted molar refractivity (Wildman–Crippen MR) is 86.9 cm³/mol. The van der Waals surface area contributed by atoms with Crippen LogP contribution in [0.1, 0.15) is 13.3 Å². The number of carbonyl (C=O) groups excluding carboxylic acids is 1. The SMILES string of the molecule is C=CCN(C(=O)C(Cl)(Cl)CC)S(=O)(=O)c1ccc([N+](=O)[O-])cc1. The average Bonchev–Trinajstić information content (AvgIpc) is 2.51. The number of hydrogen-bond acceptors (Lipinski definition) is 5. The Balaban J connectivity index is 3.31. The van der Waals surface area contributed by atoms with E-state index >= 15 is 0 Å². The van der Waals surface area contributed by atoms with E-state index < -0.39 is 25.2 Å². The molecule has 0 aliphatic rings. The molecule has 0 aliphatic heterocycles. The van der Waals surface area contributed by atoms with Crippen molar-refractivity contribution in [1.82, 2.24) is 4.31 Å². The van der Waals surface area contributed by atoms with Gasteiger partial charge in [-0.3, -0.25) is 14.9 Å². The van der Waals surface area contributed by atoms with Gasteiger partial charge in [0.1, 0.15) is 0 Å². The third kappa shape index (κ3) is 4.21. The number of nitro benzene ring substituents is 1. The second-order valence-electron chi connectivity index (χ2n) is 4.44. The van der Waals surface area contributed by atoms with Crippen molar-refractivity contribution in [3.8, 4) is 0 Å². The number of carbonyl (C=O) groups is 1. The summed E-state index contributed by atoms with van der Waals surface area (Å²) < 4.78 is 23.7. The summed E-state index contributed by atoms with van der Waals surface area (Å²) in [5.41, 5.74) is -0.275. The summed E-state index contributed by atoms with van der Waals surface area (Å²) in [4.78, 5) is 22.0. The normalized spacial score (nSPS) is 11.8. The first-order valence-corrected chi connectivity index (χ1v) is 8.58. The number of rotatable bonds is 7. The zero-order valence-corrected chi connectivity index (χ0v) is 14.4. The second kappa shape index (κ2) is 7.29. The first-order valence-electron chi connectivity index (χ1n) is 6.38. The number of non-ortho nitro benzene ring substituents is 1. The first-order chi connectivity index (χ1) is 10.6. The van der Waals surface area contributed by atoms with E-state index in [1.165, 1.54) is 13.0 Å². The molecule has 0 saturated heterocycles. The lowest BCUT2D eigenvalue weighted by Gasteiger charge is -2.26. The number of nitro groups is 1. The molecular weight excluding hydrogens is 367 g/mol. The fraction of sp³-hybridized carbons (Fsp3) is 0.308. The van der Waals surface area contributed by atoms with Crippen molar-refractivity contribution in [1.29, 1.82) is 0 Å². The standard InChI is InChI=1S/C13H14Cl2N2O5S/c1-3-9-16(12(18)13(14,15)4-2)23(21,22)11-7-5-10(6-8-11)17(19)20/h3,5-8H,1,4,9H2,2H3. The number of amides is 1. The van der Waals surface area contributed by atoms with Crippen molar-refractivity contribution < 1.29 is 18.1 Å². The number of nitrogens with zero attached hydrogens (tertiary/aromatic N) is 2. The zero-order chi connectivity index (χ0) is 17.8. The van der Waals surface area contributed by atoms with Crippen molar-refractivity contribution in [2.24, 2.45) is 0 Å². The highest BCUT2D eigenvalue weighted by molar-refractivity contribution is 7.89. The van der Waals surface area contributed by atoms with E-state index in [2.05, 4.69) is 6.58 Å². The van der Waals surface area contributed by atoms with E-state index in [1.807, 2.05) is 0 Å². The van der Waals surface area contributed by atoms with E-state index in [9.17, 15) is 23.3 Å². The summed E-state index contributed by atoms with van der Waals surface area (Å²) in [7, 11) is -4.28. The van der Waals surface area contributed by atoms with E-state index in [0.717, 1.165) is 24.3 Å². The molecule has 1 amide bonds. The highest BCUT2D eigenvalue weighted by Crippen LogP contribution is 2.30. The smallest absolute Gasteiger partial charge is 0.270 e. The molecule has 0 atom stereocenters. The summed E-state index contributed by atoms with van der Waals surface area (Å²) in [6, 6.07) is 4.12. The lowest BCUT2D eigenvalue weighted by atomic mass is 10.3. The van der Waals surface area contributed by atoms with Crippen LogP contribution in [-0.2, 0) is 14.8 Å². The molecule has 0 saturated carbocycles. The second-order valence-corrected chi connectivity index (χ2v) is 7.79. The molecule has 0 aliphatic carbocycles. The van der Waals surface area contributed by atoms with Crippen LogP contribution in [0.25, 0.3) is 0 Å². The third-order valence-corrected chi connectivity index (χ3v) is 5.53. The van der Waals surface area contributed by atoms with Crippen LogP contribution in [0.5, 0.6) is 0 Å². The molecule has 0 spiro atoms. The van der Waals surface area contributed by atoms with Crippen LogP contribution in [0.2, 0.25) is 0 Å². The number of halogens is 2. The summed E-state index contributed by atoms with van der Waals surface area (Å²) in [5, 5.41) is 10.6. The van der Waals surface area contributed by atoms with Gasteiger partial charge in [-0.15, -0.1) is 6.58 Å². The van der Waals surface area contributed by atoms with Gasteiger partial charge in [0.05, 0.1) is 16.4 Å². The Labute approximate surface area is 143 Å². The Morgan fingerprint density at radius 3 is 2.30 bits per heavy atom. The molecule has 1 aromatic carbocycles. The van der Waals surface area contributed by atoms with Gasteiger partial charge in [-0.25, -0.2) is 12.7 Å². The highest BCUT2D eigenvalue weighted by Gasteiger charge is 2.41. The maximum Gasteiger partial charge on any atom is 0.273 e. The number of alkyl halides is 2. The number of sulfonamides is 1. The molecule has 1 rings (SSSR count). The summed E-state index contributed by atoms with van der Waals surface area (Å²) in [6.07, 6.45) is 1.21. The molecule has 0 N–H and O–H groups in total. The topological polar surface area (TPSA) is 97.6 Å². The van der Waals surface area contributed by atoms with Gasteiger partial charge in [-0.1, -0.05) is 36.2 Å². The van der Waals surface area contributed by atoms with Crippen LogP contribution in [0.4, 0.5) is 5.69 Å². The number of hydrogen-bond donors (Lipinski definition) is 0. The van der Waals surface area contributed by atoms with Gasteiger partial charge in [-0.05, 0) is 18.6 Å². The maximum atomic E-state index is 12.6. The lowest BCUT2D eigenvalue weighted by molar-refractivity contribution is -0.384. The molecule has 0 aromatic heterocycles. The largest absolute Gasteiger partial charge is 0.273 e. The molecule has 0 heterocycles. The maximum absolute atomic E-state index is 12.6. The van der Waals surface area contributed by atoms with Crippen LogP contribution in [0, 0.1) is 10.1 Å². The van der Waals surface area contributed by atoms with Gasteiger partial charge in [0, 0.05) is 12.1 Å². The van der Waals surface area contributed by atoms with Crippen LogP contribution in [0.15, 0.2) is 41.8 Å². The monoisotopic (exact) mass is 380 g/mol. The Hall–Kier alpha value is -1.64. The number of benzene rings is 1. The Morgan fingerprint density at radius 1 is 1.39 bits per heavy atom. The van der Waals surface area contributed by atoms with Crippen molar-refractivity contribution >= 4 is 44.8 Å². The van der Waals surface area contributed by atoms with E-state index in [1.54, 1.807) is 0 Å². The third-order valence-electron chi connectivity index (χ3n) is 2.91. The lowest BCUT2D eigenvalue weighted by Crippen LogP contribution is -2.45. The minimum atomic E-state index is -4.28. The highest BCUT2D eigenvalue weighted by atomic mass is 35.5. The van der Waals surface area contributed by atoms with Crippen LogP contribution in [-0.4, -0.2) is 34.4 Å². The van der Waals surface area contributed by atoms with Crippen molar-refractivity contribution in [2.75, 3.05) is 6.54 Å². The molecule has 0 radical (unpaired) electrons. The summed E-state index contributed by atoms with van der Waals surface area (Å²) >= 11 is 11.7. The van der Waals surface area contributed by atoms with Gasteiger partial charge in [-0.2, -0.15) is 0 Å². The Bertz CT molecular complexity index is 716. The van der Waals surface area contributed by atoms with E-state index in [-0.39, 0.29) is 23.5 Å². The molecule has 1 aromatic rings. The van der Waals surface area contributed by atoms with Crippen LogP contribution in [0.3, 0.4) is 0 Å². The molecule has 0 fully saturated rings. The van der Waals surface area contributed by atoms with Gasteiger partial charge < -0.3 is 0 Å². The quantitative estimate of drug-likeness (QED) is 0.313. The van der Waals surface area contributed by atoms with Crippen LogP contribution >= 0.6 is 23.2 Å². The first kappa shape index (κ1) is 19.4.